The molecule has 4 aromatic heterocycles. The molecule has 0 atom stereocenters. The van der Waals surface area contributed by atoms with Crippen LogP contribution in [0.1, 0.15) is 0 Å². The first-order valence-corrected chi connectivity index (χ1v) is 30.7. The summed E-state index contributed by atoms with van der Waals surface area (Å²) in [5.41, 5.74) is 16.1. The smallest absolute Gasteiger partial charge is 0.179 e. The molecule has 17 rings (SSSR count). The molecule has 0 aliphatic carbocycles. The summed E-state index contributed by atoms with van der Waals surface area (Å²) >= 11 is 0. The van der Waals surface area contributed by atoms with Gasteiger partial charge in [0.1, 0.15) is 0 Å². The summed E-state index contributed by atoms with van der Waals surface area (Å²) in [7, 11) is -2.89. The number of hydrogen-bond acceptors (Lipinski definition) is 0. The van der Waals surface area contributed by atoms with Gasteiger partial charge in [-0.25, -0.2) is 0 Å². The highest BCUT2D eigenvalue weighted by Crippen LogP contribution is 2.43. The molecule has 0 N–H and O–H groups in total. The molecule has 5 heteroatoms. The Bertz CT molecular complexity index is 5190. The second-order valence-electron chi connectivity index (χ2n) is 22.0. The molecule has 17 aromatic rings. The zero-order valence-corrected chi connectivity index (χ0v) is 46.3. The Hall–Kier alpha value is -10.7. The van der Waals surface area contributed by atoms with Crippen LogP contribution in [0.2, 0.25) is 0 Å². The molecule has 0 aliphatic heterocycles. The molecule has 4 heterocycles. The van der Waals surface area contributed by atoms with Crippen molar-refractivity contribution in [3.63, 3.8) is 0 Å². The molecule has 0 radical (unpaired) electrons. The third kappa shape index (κ3) is 7.05. The fourth-order valence-electron chi connectivity index (χ4n) is 14.2. The molecule has 0 saturated carbocycles. The minimum Gasteiger partial charge on any atom is -0.309 e. The minimum atomic E-state index is -2.89. The van der Waals surface area contributed by atoms with Crippen LogP contribution < -0.4 is 20.7 Å². The van der Waals surface area contributed by atoms with E-state index in [0.717, 1.165) is 55.9 Å². The van der Waals surface area contributed by atoms with Gasteiger partial charge in [-0.05, 0) is 117 Å². The highest BCUT2D eigenvalue weighted by Gasteiger charge is 2.41. The summed E-state index contributed by atoms with van der Waals surface area (Å²) in [6.45, 7) is 0. The first kappa shape index (κ1) is 47.1. The molecule has 0 bridgehead atoms. The van der Waals surface area contributed by atoms with E-state index in [-0.39, 0.29) is 0 Å². The molecule has 0 fully saturated rings. The van der Waals surface area contributed by atoms with Gasteiger partial charge in [-0.2, -0.15) is 0 Å². The Balaban J connectivity index is 0.951. The maximum atomic E-state index is 2.52. The third-order valence-corrected chi connectivity index (χ3v) is 22.4. The van der Waals surface area contributed by atoms with Gasteiger partial charge < -0.3 is 18.3 Å². The molecule has 0 unspecified atom stereocenters. The molecule has 4 nitrogen and oxygen atoms in total. The highest BCUT2D eigenvalue weighted by atomic mass is 28.3. The predicted octanol–water partition coefficient (Wildman–Crippen LogP) is 17.1. The maximum Gasteiger partial charge on any atom is 0.179 e. The standard InChI is InChI=1S/C78H52N4Si/c1-4-25-58(26-5-1)83(59-27-6-2-7-28-59,60-29-8-3-9-30-60)61-31-22-24-53(50-61)54-48-56(80-71-40-18-14-36-66(71)68-52-55(46-47-75(68)80)79-69-38-16-10-32-62(69)63-33-11-17-39-70(63)79)51-57(49-54)81-74-43-21-15-37-67(74)78-76(81)44-23-45-77(78)82-72-41-19-12-34-64(72)65-35-13-20-42-73(65)82/h1-52H. The monoisotopic (exact) mass is 1070 g/mol. The van der Waals surface area contributed by atoms with Crippen molar-refractivity contribution in [3.8, 4) is 33.9 Å². The van der Waals surface area contributed by atoms with E-state index < -0.39 is 8.07 Å². The SMILES string of the molecule is c1ccc([Si](c2ccccc2)(c2ccccc2)c2cccc(-c3cc(-n4c5ccccc5c5cc(-n6c7ccccc7c7ccccc76)ccc54)cc(-n4c5ccccc5c5c(-n6c7ccccc7c7ccccc76)cccc54)c3)c2)cc1. The van der Waals surface area contributed by atoms with E-state index in [9.17, 15) is 0 Å². The van der Waals surface area contributed by atoms with Gasteiger partial charge in [-0.15, -0.1) is 0 Å². The van der Waals surface area contributed by atoms with Crippen LogP contribution in [-0.4, -0.2) is 26.3 Å². The first-order valence-electron chi connectivity index (χ1n) is 28.7. The quantitative estimate of drug-likeness (QED) is 0.101. The molecule has 388 valence electrons. The minimum absolute atomic E-state index is 1.08. The van der Waals surface area contributed by atoms with Crippen molar-refractivity contribution < 1.29 is 0 Å². The number of rotatable bonds is 9. The van der Waals surface area contributed by atoms with Gasteiger partial charge in [0.05, 0.1) is 49.8 Å². The normalized spacial score (nSPS) is 12.1. The summed E-state index contributed by atoms with van der Waals surface area (Å²) in [4.78, 5) is 0. The Morgan fingerprint density at radius 3 is 1.06 bits per heavy atom. The van der Waals surface area contributed by atoms with Gasteiger partial charge in [0.25, 0.3) is 0 Å². The predicted molar refractivity (Wildman–Crippen MR) is 353 cm³/mol. The van der Waals surface area contributed by atoms with Crippen molar-refractivity contribution in [2.45, 2.75) is 0 Å². The topological polar surface area (TPSA) is 19.7 Å². The van der Waals surface area contributed by atoms with Crippen LogP contribution in [-0.2, 0) is 0 Å². The van der Waals surface area contributed by atoms with Crippen molar-refractivity contribution >= 4 is 116 Å². The molecule has 13 aromatic carbocycles. The number of para-hydroxylation sites is 6. The van der Waals surface area contributed by atoms with Gasteiger partial charge >= 0.3 is 0 Å². The van der Waals surface area contributed by atoms with E-state index in [2.05, 4.69) is 334 Å². The lowest BCUT2D eigenvalue weighted by Crippen LogP contribution is -2.74. The second kappa shape index (κ2) is 18.7. The lowest BCUT2D eigenvalue weighted by molar-refractivity contribution is 1.13. The van der Waals surface area contributed by atoms with Crippen molar-refractivity contribution in [2.24, 2.45) is 0 Å². The number of nitrogens with zero attached hydrogens (tertiary/aromatic N) is 4. The van der Waals surface area contributed by atoms with Crippen molar-refractivity contribution in [3.05, 3.63) is 315 Å². The van der Waals surface area contributed by atoms with Crippen LogP contribution in [0.25, 0.3) is 121 Å². The van der Waals surface area contributed by atoms with Crippen LogP contribution >= 0.6 is 0 Å². The first-order chi connectivity index (χ1) is 41.2. The van der Waals surface area contributed by atoms with E-state index in [0.29, 0.717) is 0 Å². The average molecular weight is 1070 g/mol. The van der Waals surface area contributed by atoms with Crippen LogP contribution in [0.3, 0.4) is 0 Å². The van der Waals surface area contributed by atoms with Crippen LogP contribution in [0.15, 0.2) is 315 Å². The average Bonchev–Trinajstić information content (AvgIpc) is 4.14. The summed E-state index contributed by atoms with van der Waals surface area (Å²) in [5.74, 6) is 0. The second-order valence-corrected chi connectivity index (χ2v) is 25.8. The Morgan fingerprint density at radius 1 is 0.193 bits per heavy atom. The molecule has 0 spiro atoms. The molecule has 83 heavy (non-hydrogen) atoms. The Kier molecular flexibility index (Phi) is 10.6. The van der Waals surface area contributed by atoms with Crippen molar-refractivity contribution in [2.75, 3.05) is 0 Å². The van der Waals surface area contributed by atoms with Crippen LogP contribution in [0.5, 0.6) is 0 Å². The zero-order chi connectivity index (χ0) is 54.6. The number of hydrogen-bond donors (Lipinski definition) is 0. The van der Waals surface area contributed by atoms with E-state index in [1.165, 1.54) is 85.9 Å². The van der Waals surface area contributed by atoms with E-state index >= 15 is 0 Å². The third-order valence-electron chi connectivity index (χ3n) is 17.7. The maximum absolute atomic E-state index is 2.89. The van der Waals surface area contributed by atoms with Gasteiger partial charge in [-0.1, -0.05) is 231 Å². The van der Waals surface area contributed by atoms with E-state index in [4.69, 9.17) is 0 Å². The van der Waals surface area contributed by atoms with Crippen LogP contribution in [0.4, 0.5) is 0 Å². The van der Waals surface area contributed by atoms with E-state index in [1.54, 1.807) is 0 Å². The highest BCUT2D eigenvalue weighted by molar-refractivity contribution is 7.19. The molecule has 0 amide bonds. The lowest BCUT2D eigenvalue weighted by Gasteiger charge is -2.34. The molecule has 0 saturated heterocycles. The fourth-order valence-corrected chi connectivity index (χ4v) is 19.0. The van der Waals surface area contributed by atoms with Gasteiger partial charge in [-0.3, -0.25) is 0 Å². The fraction of sp³-hybridized carbons (Fsp3) is 0. The number of aromatic nitrogens is 4. The molecule has 0 aliphatic rings. The lowest BCUT2D eigenvalue weighted by atomic mass is 10.0. The number of benzene rings is 13. The summed E-state index contributed by atoms with van der Waals surface area (Å²) in [6, 6.07) is 118. The van der Waals surface area contributed by atoms with Gasteiger partial charge in [0.15, 0.2) is 8.07 Å². The summed E-state index contributed by atoms with van der Waals surface area (Å²) in [5, 5.41) is 15.2. The van der Waals surface area contributed by atoms with Crippen LogP contribution in [0, 0.1) is 0 Å². The van der Waals surface area contributed by atoms with Crippen molar-refractivity contribution in [1.29, 1.82) is 0 Å². The molecular formula is C78H52N4Si. The largest absolute Gasteiger partial charge is 0.309 e. The molecular weight excluding hydrogens is 1020 g/mol. The van der Waals surface area contributed by atoms with Gasteiger partial charge in [0.2, 0.25) is 0 Å². The zero-order valence-electron chi connectivity index (χ0n) is 45.3. The van der Waals surface area contributed by atoms with Gasteiger partial charge in [0, 0.05) is 60.2 Å². The summed E-state index contributed by atoms with van der Waals surface area (Å²) in [6.07, 6.45) is 0. The van der Waals surface area contributed by atoms with E-state index in [1.807, 2.05) is 0 Å². The Morgan fingerprint density at radius 2 is 0.554 bits per heavy atom. The summed E-state index contributed by atoms with van der Waals surface area (Å²) < 4.78 is 9.93. The number of fused-ring (bicyclic) bond motifs is 12. The van der Waals surface area contributed by atoms with Crippen molar-refractivity contribution in [1.82, 2.24) is 18.3 Å². The Labute approximate surface area is 480 Å².